The Kier molecular flexibility index (Phi) is 8.96. The van der Waals surface area contributed by atoms with Gasteiger partial charge >= 0.3 is 5.97 Å². The standard InChI is InChI=1S/C18H21ClN2O4.C7H5ClO/c1-12(18(24)25)20-17(23)14-8-10-21(11-9-14)16(22)7-6-13-4-2-3-5-15(13)19;8-6-3-5-1-2-7(6)9-4-5/h2-7,12,14H,8-11H2,1H3,(H,20,23)(H,24,25);1-3H,4H2. The summed E-state index contributed by atoms with van der Waals surface area (Å²) in [7, 11) is 0. The van der Waals surface area contributed by atoms with E-state index in [0.29, 0.717) is 37.6 Å². The van der Waals surface area contributed by atoms with E-state index in [1.807, 2.05) is 36.4 Å². The van der Waals surface area contributed by atoms with Crippen LogP contribution in [0.1, 0.15) is 30.9 Å². The van der Waals surface area contributed by atoms with Crippen molar-refractivity contribution in [3.05, 3.63) is 69.7 Å². The van der Waals surface area contributed by atoms with E-state index in [1.54, 1.807) is 17.0 Å². The monoisotopic (exact) mass is 504 g/mol. The molecule has 5 rings (SSSR count). The van der Waals surface area contributed by atoms with Gasteiger partial charge in [-0.1, -0.05) is 47.5 Å². The fourth-order valence-corrected chi connectivity index (χ4v) is 4.00. The lowest BCUT2D eigenvalue weighted by Gasteiger charge is -2.31. The number of rotatable bonds is 5. The quantitative estimate of drug-likeness (QED) is 0.587. The van der Waals surface area contributed by atoms with Gasteiger partial charge in [0.1, 0.15) is 18.4 Å². The Labute approximate surface area is 208 Å². The van der Waals surface area contributed by atoms with Crippen LogP contribution in [0.2, 0.25) is 10.0 Å². The first-order valence-electron chi connectivity index (χ1n) is 10.9. The average molecular weight is 505 g/mol. The van der Waals surface area contributed by atoms with Crippen molar-refractivity contribution in [2.45, 2.75) is 32.4 Å². The number of ether oxygens (including phenoxy) is 1. The summed E-state index contributed by atoms with van der Waals surface area (Å²) >= 11 is 11.8. The van der Waals surface area contributed by atoms with Gasteiger partial charge in [0, 0.05) is 30.1 Å². The number of hydrogen-bond acceptors (Lipinski definition) is 4. The van der Waals surface area contributed by atoms with Crippen molar-refractivity contribution >= 4 is 47.1 Å². The molecule has 3 aliphatic rings. The fraction of sp³-hybridized carbons (Fsp3) is 0.320. The van der Waals surface area contributed by atoms with Crippen molar-refractivity contribution in [1.29, 1.82) is 0 Å². The fourth-order valence-electron chi connectivity index (χ4n) is 3.54. The number of amides is 2. The molecule has 1 fully saturated rings. The van der Waals surface area contributed by atoms with Crippen molar-refractivity contribution in [3.63, 3.8) is 0 Å². The minimum atomic E-state index is -1.06. The van der Waals surface area contributed by atoms with E-state index < -0.39 is 12.0 Å². The molecule has 2 aromatic rings. The van der Waals surface area contributed by atoms with Crippen LogP contribution in [0.25, 0.3) is 6.08 Å². The second kappa shape index (κ2) is 11.9. The summed E-state index contributed by atoms with van der Waals surface area (Å²) in [5.74, 6) is -0.929. The number of carboxylic acids is 1. The third-order valence-electron chi connectivity index (χ3n) is 5.61. The molecule has 0 radical (unpaired) electrons. The van der Waals surface area contributed by atoms with Gasteiger partial charge in [-0.2, -0.15) is 0 Å². The Morgan fingerprint density at radius 1 is 1.12 bits per heavy atom. The Bertz CT molecular complexity index is 1080. The molecule has 180 valence electrons. The lowest BCUT2D eigenvalue weighted by atomic mass is 9.95. The molecule has 34 heavy (non-hydrogen) atoms. The molecule has 2 N–H and O–H groups in total. The van der Waals surface area contributed by atoms with Gasteiger partial charge in [0.25, 0.3) is 0 Å². The number of fused-ring (bicyclic) bond motifs is 3. The van der Waals surface area contributed by atoms with Crippen LogP contribution >= 0.6 is 23.2 Å². The molecule has 2 aromatic carbocycles. The molecule has 2 bridgehead atoms. The highest BCUT2D eigenvalue weighted by atomic mass is 35.5. The Hall–Kier alpha value is -3.03. The van der Waals surface area contributed by atoms with Gasteiger partial charge < -0.3 is 20.1 Å². The van der Waals surface area contributed by atoms with E-state index in [1.165, 1.54) is 13.0 Å². The van der Waals surface area contributed by atoms with Gasteiger partial charge in [-0.05, 0) is 55.2 Å². The maximum Gasteiger partial charge on any atom is 0.325 e. The Balaban J connectivity index is 0.000000296. The van der Waals surface area contributed by atoms with Crippen LogP contribution in [-0.4, -0.2) is 46.9 Å². The maximum atomic E-state index is 12.2. The van der Waals surface area contributed by atoms with Crippen molar-refractivity contribution in [3.8, 4) is 5.75 Å². The zero-order valence-corrected chi connectivity index (χ0v) is 20.2. The van der Waals surface area contributed by atoms with Crippen LogP contribution in [-0.2, 0) is 21.0 Å². The van der Waals surface area contributed by atoms with E-state index >= 15 is 0 Å². The molecule has 1 saturated heterocycles. The van der Waals surface area contributed by atoms with Crippen molar-refractivity contribution in [1.82, 2.24) is 10.2 Å². The van der Waals surface area contributed by atoms with Crippen LogP contribution in [0.4, 0.5) is 0 Å². The number of nitrogens with zero attached hydrogens (tertiary/aromatic N) is 1. The summed E-state index contributed by atoms with van der Waals surface area (Å²) in [4.78, 5) is 36.7. The molecule has 1 atom stereocenters. The van der Waals surface area contributed by atoms with E-state index in [2.05, 4.69) is 5.32 Å². The molecule has 9 heteroatoms. The molecule has 0 aromatic heterocycles. The second-order valence-corrected chi connectivity index (χ2v) is 8.89. The highest BCUT2D eigenvalue weighted by molar-refractivity contribution is 6.32. The number of carbonyl (C=O) groups excluding carboxylic acids is 2. The van der Waals surface area contributed by atoms with Gasteiger partial charge in [-0.25, -0.2) is 0 Å². The van der Waals surface area contributed by atoms with Crippen LogP contribution in [0, 0.1) is 5.92 Å². The van der Waals surface area contributed by atoms with Gasteiger partial charge in [-0.15, -0.1) is 0 Å². The highest BCUT2D eigenvalue weighted by Gasteiger charge is 2.28. The molecule has 3 aliphatic heterocycles. The van der Waals surface area contributed by atoms with Gasteiger partial charge in [0.2, 0.25) is 11.8 Å². The van der Waals surface area contributed by atoms with Crippen molar-refractivity contribution in [2.24, 2.45) is 5.92 Å². The second-order valence-electron chi connectivity index (χ2n) is 8.08. The van der Waals surface area contributed by atoms with Crippen molar-refractivity contribution < 1.29 is 24.2 Å². The first kappa shape index (κ1) is 25.6. The first-order valence-corrected chi connectivity index (χ1v) is 11.7. The molecule has 0 saturated carbocycles. The Morgan fingerprint density at radius 3 is 2.32 bits per heavy atom. The van der Waals surface area contributed by atoms with Crippen LogP contribution in [0.3, 0.4) is 0 Å². The number of likely N-dealkylation sites (tertiary alicyclic amines) is 1. The maximum absolute atomic E-state index is 12.2. The normalized spacial score (nSPS) is 15.8. The third-order valence-corrected chi connectivity index (χ3v) is 6.25. The predicted octanol–water partition coefficient (Wildman–Crippen LogP) is 4.41. The highest BCUT2D eigenvalue weighted by Crippen LogP contribution is 2.30. The zero-order valence-electron chi connectivity index (χ0n) is 18.7. The molecule has 3 heterocycles. The Morgan fingerprint density at radius 2 is 1.82 bits per heavy atom. The molecular weight excluding hydrogens is 479 g/mol. The minimum absolute atomic E-state index is 0.127. The molecule has 0 spiro atoms. The number of carbonyl (C=O) groups is 3. The van der Waals surface area contributed by atoms with E-state index in [0.717, 1.165) is 21.9 Å². The molecule has 2 amide bonds. The number of nitrogens with one attached hydrogen (secondary N) is 1. The number of aliphatic carboxylic acids is 1. The van der Waals surface area contributed by atoms with Gasteiger partial charge in [-0.3, -0.25) is 14.4 Å². The van der Waals surface area contributed by atoms with Crippen molar-refractivity contribution in [2.75, 3.05) is 13.1 Å². The lowest BCUT2D eigenvalue weighted by molar-refractivity contribution is -0.142. The molecule has 7 nitrogen and oxygen atoms in total. The van der Waals surface area contributed by atoms with Gasteiger partial charge in [0.05, 0.1) is 5.02 Å². The summed E-state index contributed by atoms with van der Waals surface area (Å²) in [6.07, 6.45) is 4.19. The van der Waals surface area contributed by atoms with Crippen LogP contribution < -0.4 is 10.1 Å². The third kappa shape index (κ3) is 6.98. The summed E-state index contributed by atoms with van der Waals surface area (Å²) < 4.78 is 5.18. The zero-order chi connectivity index (χ0) is 24.7. The van der Waals surface area contributed by atoms with Crippen LogP contribution in [0.15, 0.2) is 48.5 Å². The minimum Gasteiger partial charge on any atom is -0.487 e. The SMILES string of the molecule is CC(NC(=O)C1CCN(C(=O)C=Cc2ccccc2Cl)CC1)C(=O)O.Clc1cc2ccc1OC2. The number of carboxylic acid groups (broad SMARTS) is 1. The largest absolute Gasteiger partial charge is 0.487 e. The van der Waals surface area contributed by atoms with Gasteiger partial charge in [0.15, 0.2) is 0 Å². The van der Waals surface area contributed by atoms with E-state index in [9.17, 15) is 14.4 Å². The number of piperidine rings is 1. The average Bonchev–Trinajstić information content (AvgIpc) is 2.84. The number of benzene rings is 2. The lowest BCUT2D eigenvalue weighted by Crippen LogP contribution is -2.46. The van der Waals surface area contributed by atoms with E-state index in [-0.39, 0.29) is 17.7 Å². The molecular formula is C25H26Cl2N2O5. The summed E-state index contributed by atoms with van der Waals surface area (Å²) in [5, 5.41) is 12.6. The first-order chi connectivity index (χ1) is 16.2. The summed E-state index contributed by atoms with van der Waals surface area (Å²) in [5.41, 5.74) is 1.92. The number of halogens is 2. The van der Waals surface area contributed by atoms with Crippen LogP contribution in [0.5, 0.6) is 5.75 Å². The smallest absolute Gasteiger partial charge is 0.325 e. The molecule has 1 unspecified atom stereocenters. The molecule has 0 aliphatic carbocycles. The summed E-state index contributed by atoms with van der Waals surface area (Å²) in [6.45, 7) is 3.04. The number of hydrogen-bond donors (Lipinski definition) is 2. The predicted molar refractivity (Wildman–Crippen MR) is 131 cm³/mol. The topological polar surface area (TPSA) is 95.9 Å². The van der Waals surface area contributed by atoms with E-state index in [4.69, 9.17) is 33.0 Å². The summed E-state index contributed by atoms with van der Waals surface area (Å²) in [6, 6.07) is 12.2.